The van der Waals surface area contributed by atoms with Gasteiger partial charge in [-0.15, -0.1) is 0 Å². The van der Waals surface area contributed by atoms with Gasteiger partial charge in [-0.25, -0.2) is 4.79 Å². The molecule has 0 bridgehead atoms. The maximum absolute atomic E-state index is 12.6. The van der Waals surface area contributed by atoms with Crippen LogP contribution in [0.4, 0.5) is 4.79 Å². The van der Waals surface area contributed by atoms with E-state index in [1.54, 1.807) is 11.2 Å². The first-order valence-corrected chi connectivity index (χ1v) is 13.2. The molecule has 1 saturated heterocycles. The van der Waals surface area contributed by atoms with Crippen molar-refractivity contribution in [2.24, 2.45) is 4.99 Å². The molecule has 11 heteroatoms. The number of carbonyl (C=O) groups excluding carboxylic acids is 2. The van der Waals surface area contributed by atoms with E-state index in [0.717, 1.165) is 28.1 Å². The maximum Gasteiger partial charge on any atom is 0.410 e. The van der Waals surface area contributed by atoms with Crippen molar-refractivity contribution in [2.75, 3.05) is 32.7 Å². The van der Waals surface area contributed by atoms with Gasteiger partial charge in [0, 0.05) is 43.7 Å². The lowest BCUT2D eigenvalue weighted by atomic mass is 9.96. The van der Waals surface area contributed by atoms with E-state index in [4.69, 9.17) is 9.26 Å². The molecule has 1 fully saturated rings. The molecule has 2 amide bonds. The van der Waals surface area contributed by atoms with Crippen LogP contribution in [0.15, 0.2) is 33.4 Å². The van der Waals surface area contributed by atoms with Crippen LogP contribution < -0.4 is 10.6 Å². The normalized spacial score (nSPS) is 16.3. The summed E-state index contributed by atoms with van der Waals surface area (Å²) >= 11 is 0. The second-order valence-electron chi connectivity index (χ2n) is 11.9. The molecule has 4 rings (SSSR count). The number of nitrogens with one attached hydrogen (secondary N) is 2. The highest BCUT2D eigenvalue weighted by atomic mass is 16.6. The van der Waals surface area contributed by atoms with Crippen molar-refractivity contribution in [2.45, 2.75) is 66.0 Å². The van der Waals surface area contributed by atoms with Crippen molar-refractivity contribution >= 4 is 24.0 Å². The van der Waals surface area contributed by atoms with E-state index in [-0.39, 0.29) is 17.4 Å². The lowest BCUT2D eigenvalue weighted by Crippen LogP contribution is -2.50. The third-order valence-electron chi connectivity index (χ3n) is 6.50. The number of aryl methyl sites for hydroxylation is 1. The maximum atomic E-state index is 12.6. The lowest BCUT2D eigenvalue weighted by Gasteiger charge is -2.39. The molecule has 2 aromatic rings. The number of aliphatic imine (C=N–C) groups is 1. The molecule has 0 radical (unpaired) electrons. The van der Waals surface area contributed by atoms with Gasteiger partial charge >= 0.3 is 17.9 Å². The molecular weight excluding hydrogens is 498 g/mol. The third-order valence-corrected chi connectivity index (χ3v) is 6.50. The number of nitrogens with zero attached hydrogens (tertiary/aromatic N) is 5. The fourth-order valence-electron chi connectivity index (χ4n) is 4.32. The van der Waals surface area contributed by atoms with Crippen LogP contribution in [0.2, 0.25) is 0 Å². The highest BCUT2D eigenvalue weighted by Gasteiger charge is 2.28. The van der Waals surface area contributed by atoms with Crippen LogP contribution in [-0.4, -0.2) is 76.6 Å². The van der Waals surface area contributed by atoms with Gasteiger partial charge < -0.3 is 29.7 Å². The highest BCUT2D eigenvalue weighted by molar-refractivity contribution is 5.89. The summed E-state index contributed by atoms with van der Waals surface area (Å²) in [6.07, 6.45) is 1.44. The SMILES string of the molecule is Cc1cc(C2=C(N3CCN(C(=O)OC(C)(C)C)CC3)CN=CN2)ccc1CNC(=O)c1nc(C(C)(C)C)no1. The molecule has 0 spiro atoms. The van der Waals surface area contributed by atoms with Gasteiger partial charge in [-0.1, -0.05) is 38.1 Å². The zero-order valence-corrected chi connectivity index (χ0v) is 23.9. The van der Waals surface area contributed by atoms with E-state index in [1.165, 1.54) is 0 Å². The van der Waals surface area contributed by atoms with Crippen LogP contribution in [0.1, 0.15) is 74.7 Å². The van der Waals surface area contributed by atoms with E-state index >= 15 is 0 Å². The number of benzene rings is 1. The first-order valence-electron chi connectivity index (χ1n) is 13.2. The minimum atomic E-state index is -0.512. The summed E-state index contributed by atoms with van der Waals surface area (Å²) in [7, 11) is 0. The largest absolute Gasteiger partial charge is 0.444 e. The van der Waals surface area contributed by atoms with Gasteiger partial charge in [0.25, 0.3) is 0 Å². The summed E-state index contributed by atoms with van der Waals surface area (Å²) in [6, 6.07) is 6.15. The number of aromatic nitrogens is 2. The Bertz CT molecular complexity index is 1280. The van der Waals surface area contributed by atoms with Gasteiger partial charge in [-0.2, -0.15) is 4.98 Å². The average Bonchev–Trinajstić information content (AvgIpc) is 3.38. The Morgan fingerprint density at radius 1 is 1.10 bits per heavy atom. The zero-order chi connectivity index (χ0) is 28.4. The average molecular weight is 538 g/mol. The van der Waals surface area contributed by atoms with Gasteiger partial charge in [-0.05, 0) is 44.9 Å². The minimum absolute atomic E-state index is 0.0403. The fourth-order valence-corrected chi connectivity index (χ4v) is 4.32. The van der Waals surface area contributed by atoms with Gasteiger partial charge in [0.05, 0.1) is 24.3 Å². The number of amides is 2. The van der Waals surface area contributed by atoms with E-state index in [0.29, 0.717) is 45.1 Å². The molecule has 2 N–H and O–H groups in total. The Balaban J connectivity index is 1.42. The fraction of sp³-hybridized carbons (Fsp3) is 0.536. The quantitative estimate of drug-likeness (QED) is 0.594. The Hall–Kier alpha value is -3.89. The van der Waals surface area contributed by atoms with Gasteiger partial charge in [0.1, 0.15) is 5.60 Å². The van der Waals surface area contributed by atoms with Crippen molar-refractivity contribution in [1.29, 1.82) is 0 Å². The first-order chi connectivity index (χ1) is 18.3. The van der Waals surface area contributed by atoms with Crippen molar-refractivity contribution < 1.29 is 18.8 Å². The lowest BCUT2D eigenvalue weighted by molar-refractivity contribution is 0.0168. The first kappa shape index (κ1) is 28.1. The molecule has 11 nitrogen and oxygen atoms in total. The molecule has 39 heavy (non-hydrogen) atoms. The molecule has 0 unspecified atom stereocenters. The van der Waals surface area contributed by atoms with Crippen molar-refractivity contribution in [3.05, 3.63) is 52.3 Å². The molecule has 1 aromatic heterocycles. The molecule has 0 atom stereocenters. The Morgan fingerprint density at radius 3 is 2.44 bits per heavy atom. The van der Waals surface area contributed by atoms with E-state index in [2.05, 4.69) is 36.7 Å². The topological polar surface area (TPSA) is 125 Å². The summed E-state index contributed by atoms with van der Waals surface area (Å²) in [5, 5.41) is 10.1. The molecule has 1 aromatic carbocycles. The van der Waals surface area contributed by atoms with E-state index < -0.39 is 11.5 Å². The van der Waals surface area contributed by atoms with Gasteiger partial charge in [0.2, 0.25) is 0 Å². The Kier molecular flexibility index (Phi) is 7.99. The summed E-state index contributed by atoms with van der Waals surface area (Å²) in [4.78, 5) is 37.7. The van der Waals surface area contributed by atoms with E-state index in [9.17, 15) is 9.59 Å². The highest BCUT2D eigenvalue weighted by Crippen LogP contribution is 2.25. The van der Waals surface area contributed by atoms with Crippen molar-refractivity contribution in [1.82, 2.24) is 30.6 Å². The number of rotatable bonds is 5. The van der Waals surface area contributed by atoms with Crippen molar-refractivity contribution in [3.63, 3.8) is 0 Å². The molecule has 0 aliphatic carbocycles. The monoisotopic (exact) mass is 537 g/mol. The van der Waals surface area contributed by atoms with Gasteiger partial charge in [0.15, 0.2) is 5.82 Å². The zero-order valence-electron chi connectivity index (χ0n) is 23.9. The molecule has 3 heterocycles. The standard InChI is InChI=1S/C28H39N7O4/c1-18-14-19(8-9-20(18)15-30-23(36)24-32-25(33-39-24)27(2,3)4)22-21(16-29-17-31-22)34-10-12-35(13-11-34)26(37)38-28(5,6)7/h8-9,14,17H,10-13,15-16H2,1-7H3,(H,29,31)(H,30,36). The van der Waals surface area contributed by atoms with Crippen LogP contribution in [-0.2, 0) is 16.7 Å². The summed E-state index contributed by atoms with van der Waals surface area (Å²) in [5.74, 6) is 0.0515. The van der Waals surface area contributed by atoms with Crippen LogP contribution in [0.5, 0.6) is 0 Å². The van der Waals surface area contributed by atoms with Gasteiger partial charge in [-0.3, -0.25) is 9.79 Å². The second kappa shape index (κ2) is 11.1. The predicted octanol–water partition coefficient (Wildman–Crippen LogP) is 3.46. The number of hydrogen-bond acceptors (Lipinski definition) is 9. The van der Waals surface area contributed by atoms with Crippen LogP contribution in [0, 0.1) is 6.92 Å². The number of hydrogen-bond donors (Lipinski definition) is 2. The Labute approximate surface area is 229 Å². The number of carbonyl (C=O) groups is 2. The molecule has 0 saturated carbocycles. The molecule has 210 valence electrons. The van der Waals surface area contributed by atoms with Crippen LogP contribution >= 0.6 is 0 Å². The predicted molar refractivity (Wildman–Crippen MR) is 148 cm³/mol. The Morgan fingerprint density at radius 2 is 1.82 bits per heavy atom. The summed E-state index contributed by atoms with van der Waals surface area (Å²) in [5.41, 5.74) is 4.33. The van der Waals surface area contributed by atoms with Crippen molar-refractivity contribution in [3.8, 4) is 0 Å². The smallest absolute Gasteiger partial charge is 0.410 e. The third kappa shape index (κ3) is 6.96. The molecule has 2 aliphatic heterocycles. The summed E-state index contributed by atoms with van der Waals surface area (Å²) < 4.78 is 10.7. The summed E-state index contributed by atoms with van der Waals surface area (Å²) in [6.45, 7) is 17.0. The number of piperazine rings is 1. The second-order valence-corrected chi connectivity index (χ2v) is 11.9. The molecule has 2 aliphatic rings. The molecular formula is C28H39N7O4. The van der Waals surface area contributed by atoms with Crippen LogP contribution in [0.25, 0.3) is 5.70 Å². The van der Waals surface area contributed by atoms with Crippen LogP contribution in [0.3, 0.4) is 0 Å². The number of ether oxygens (including phenoxy) is 1. The van der Waals surface area contributed by atoms with E-state index in [1.807, 2.05) is 60.6 Å². The minimum Gasteiger partial charge on any atom is -0.444 e.